The molecule has 0 bridgehead atoms. The number of halogens is 1. The Balaban J connectivity index is 2.26. The smallest absolute Gasteiger partial charge is 0.390 e. The Hall–Kier alpha value is -2.40. The van der Waals surface area contributed by atoms with Gasteiger partial charge in [-0.15, -0.1) is 0 Å². The SMILES string of the molecule is NNC(=O)c1cccc(Cn2nc([N+](=O)[O-])nc2Br)n1. The third-order valence-electron chi connectivity index (χ3n) is 2.26. The van der Waals surface area contributed by atoms with Crippen LogP contribution in [0.25, 0.3) is 0 Å². The van der Waals surface area contributed by atoms with E-state index >= 15 is 0 Å². The van der Waals surface area contributed by atoms with Crippen LogP contribution in [-0.4, -0.2) is 30.6 Å². The summed E-state index contributed by atoms with van der Waals surface area (Å²) in [5.41, 5.74) is 2.58. The molecular weight excluding hydrogens is 334 g/mol. The van der Waals surface area contributed by atoms with Crippen molar-refractivity contribution in [2.24, 2.45) is 5.84 Å². The summed E-state index contributed by atoms with van der Waals surface area (Å²) in [4.78, 5) is 28.9. The number of nitrogens with zero attached hydrogens (tertiary/aromatic N) is 5. The van der Waals surface area contributed by atoms with Gasteiger partial charge in [0, 0.05) is 21.0 Å². The van der Waals surface area contributed by atoms with Crippen molar-refractivity contribution in [3.63, 3.8) is 0 Å². The summed E-state index contributed by atoms with van der Waals surface area (Å²) in [5, 5.41) is 14.3. The molecule has 2 aromatic heterocycles. The molecule has 0 aliphatic rings. The lowest BCUT2D eigenvalue weighted by molar-refractivity contribution is -0.394. The lowest BCUT2D eigenvalue weighted by Crippen LogP contribution is -2.30. The van der Waals surface area contributed by atoms with E-state index in [1.165, 1.54) is 10.7 Å². The van der Waals surface area contributed by atoms with E-state index in [9.17, 15) is 14.9 Å². The molecule has 10 nitrogen and oxygen atoms in total. The number of rotatable bonds is 4. The first-order valence-electron chi connectivity index (χ1n) is 5.23. The number of nitrogen functional groups attached to an aromatic ring is 1. The third-order valence-corrected chi connectivity index (χ3v) is 2.85. The van der Waals surface area contributed by atoms with Crippen LogP contribution in [0.2, 0.25) is 0 Å². The maximum atomic E-state index is 11.3. The predicted molar refractivity (Wildman–Crippen MR) is 69.4 cm³/mol. The fraction of sp³-hybridized carbons (Fsp3) is 0.111. The van der Waals surface area contributed by atoms with E-state index in [1.807, 2.05) is 5.43 Å². The topological polar surface area (TPSA) is 142 Å². The summed E-state index contributed by atoms with van der Waals surface area (Å²) in [6.07, 6.45) is 0. The number of pyridine rings is 1. The van der Waals surface area contributed by atoms with Crippen LogP contribution in [0.4, 0.5) is 5.95 Å². The van der Waals surface area contributed by atoms with E-state index in [0.29, 0.717) is 5.69 Å². The number of nitrogens with two attached hydrogens (primary N) is 1. The van der Waals surface area contributed by atoms with Gasteiger partial charge in [-0.25, -0.2) is 10.8 Å². The number of carbonyl (C=O) groups excluding carboxylic acids is 1. The average Bonchev–Trinajstić information content (AvgIpc) is 2.80. The van der Waals surface area contributed by atoms with Crippen molar-refractivity contribution in [3.8, 4) is 0 Å². The first-order valence-corrected chi connectivity index (χ1v) is 6.02. The summed E-state index contributed by atoms with van der Waals surface area (Å²) in [5.74, 6) is 3.97. The van der Waals surface area contributed by atoms with Crippen molar-refractivity contribution in [3.05, 3.63) is 44.4 Å². The van der Waals surface area contributed by atoms with Gasteiger partial charge in [-0.05, 0) is 22.0 Å². The number of aromatic nitrogens is 4. The Morgan fingerprint density at radius 2 is 2.25 bits per heavy atom. The molecule has 0 fully saturated rings. The molecular formula is C9H8BrN7O3. The van der Waals surface area contributed by atoms with E-state index in [-0.39, 0.29) is 17.0 Å². The zero-order valence-corrected chi connectivity index (χ0v) is 11.4. The maximum absolute atomic E-state index is 11.3. The molecule has 0 aromatic carbocycles. The molecule has 11 heteroatoms. The van der Waals surface area contributed by atoms with Gasteiger partial charge in [0.2, 0.25) is 0 Å². The second kappa shape index (κ2) is 5.71. The van der Waals surface area contributed by atoms with Gasteiger partial charge in [-0.1, -0.05) is 6.07 Å². The van der Waals surface area contributed by atoms with Crippen molar-refractivity contribution in [2.75, 3.05) is 0 Å². The lowest BCUT2D eigenvalue weighted by atomic mass is 10.3. The fourth-order valence-electron chi connectivity index (χ4n) is 1.41. The highest BCUT2D eigenvalue weighted by Gasteiger charge is 2.20. The van der Waals surface area contributed by atoms with Gasteiger partial charge in [-0.3, -0.25) is 10.2 Å². The minimum atomic E-state index is -0.701. The Morgan fingerprint density at radius 1 is 1.50 bits per heavy atom. The molecule has 0 aliphatic carbocycles. The van der Waals surface area contributed by atoms with Crippen LogP contribution in [-0.2, 0) is 6.54 Å². The molecule has 20 heavy (non-hydrogen) atoms. The number of hydrogen-bond acceptors (Lipinski definition) is 7. The summed E-state index contributed by atoms with van der Waals surface area (Å²) in [7, 11) is 0. The number of amides is 1. The minimum Gasteiger partial charge on any atom is -0.390 e. The van der Waals surface area contributed by atoms with Crippen molar-refractivity contribution >= 4 is 27.8 Å². The van der Waals surface area contributed by atoms with Crippen LogP contribution in [0.15, 0.2) is 22.9 Å². The molecule has 1 amide bonds. The zero-order chi connectivity index (χ0) is 14.7. The van der Waals surface area contributed by atoms with E-state index in [4.69, 9.17) is 5.84 Å². The Kier molecular flexibility index (Phi) is 4.00. The largest absolute Gasteiger partial charge is 0.492 e. The molecule has 2 heterocycles. The van der Waals surface area contributed by atoms with E-state index in [2.05, 4.69) is 31.0 Å². The van der Waals surface area contributed by atoms with Gasteiger partial charge in [-0.2, -0.15) is 4.68 Å². The quantitative estimate of drug-likeness (QED) is 0.344. The predicted octanol–water partition coefficient (Wildman–Crippen LogP) is -0.00440. The number of nitrogens with one attached hydrogen (secondary N) is 1. The van der Waals surface area contributed by atoms with Crippen molar-refractivity contribution in [2.45, 2.75) is 6.54 Å². The van der Waals surface area contributed by atoms with E-state index in [1.54, 1.807) is 12.1 Å². The normalized spacial score (nSPS) is 10.3. The van der Waals surface area contributed by atoms with Gasteiger partial charge in [0.15, 0.2) is 0 Å². The fourth-order valence-corrected chi connectivity index (χ4v) is 1.77. The molecule has 2 rings (SSSR count). The maximum Gasteiger partial charge on any atom is 0.492 e. The molecule has 104 valence electrons. The number of hydrogen-bond donors (Lipinski definition) is 2. The summed E-state index contributed by atoms with van der Waals surface area (Å²) in [6, 6.07) is 4.75. The van der Waals surface area contributed by atoms with Gasteiger partial charge in [0.1, 0.15) is 12.2 Å². The third kappa shape index (κ3) is 2.95. The first kappa shape index (κ1) is 14.0. The molecule has 3 N–H and O–H groups in total. The summed E-state index contributed by atoms with van der Waals surface area (Å²) in [6.45, 7) is 0.118. The monoisotopic (exact) mass is 341 g/mol. The Morgan fingerprint density at radius 3 is 2.85 bits per heavy atom. The van der Waals surface area contributed by atoms with Gasteiger partial charge < -0.3 is 10.1 Å². The summed E-state index contributed by atoms with van der Waals surface area (Å²) >= 11 is 3.06. The van der Waals surface area contributed by atoms with Crippen LogP contribution in [0.3, 0.4) is 0 Å². The second-order valence-electron chi connectivity index (χ2n) is 3.58. The molecule has 0 aliphatic heterocycles. The van der Waals surface area contributed by atoms with Crippen LogP contribution in [0.1, 0.15) is 16.2 Å². The number of hydrazine groups is 1. The zero-order valence-electron chi connectivity index (χ0n) is 9.86. The second-order valence-corrected chi connectivity index (χ2v) is 4.29. The highest BCUT2D eigenvalue weighted by Crippen LogP contribution is 2.13. The van der Waals surface area contributed by atoms with Crippen LogP contribution < -0.4 is 11.3 Å². The minimum absolute atomic E-state index is 0.118. The lowest BCUT2D eigenvalue weighted by Gasteiger charge is -2.02. The first-order chi connectivity index (χ1) is 9.51. The van der Waals surface area contributed by atoms with Gasteiger partial charge in [0.25, 0.3) is 10.6 Å². The standard InChI is InChI=1S/C9H8BrN7O3/c10-8-13-9(17(19)20)15-16(8)4-5-2-1-3-6(12-5)7(18)14-11/h1-3H,4,11H2,(H,14,18). The molecule has 0 saturated carbocycles. The van der Waals surface area contributed by atoms with Crippen LogP contribution in [0.5, 0.6) is 0 Å². The molecule has 0 saturated heterocycles. The van der Waals surface area contributed by atoms with Crippen molar-refractivity contribution in [1.82, 2.24) is 25.2 Å². The Bertz CT molecular complexity index is 671. The van der Waals surface area contributed by atoms with Gasteiger partial charge >= 0.3 is 5.95 Å². The van der Waals surface area contributed by atoms with Crippen molar-refractivity contribution in [1.29, 1.82) is 0 Å². The summed E-state index contributed by atoms with van der Waals surface area (Å²) < 4.78 is 1.45. The van der Waals surface area contributed by atoms with Gasteiger partial charge in [0.05, 0.1) is 5.69 Å². The number of nitro groups is 1. The Labute approximate surface area is 120 Å². The molecule has 2 aromatic rings. The van der Waals surface area contributed by atoms with Crippen LogP contribution >= 0.6 is 15.9 Å². The number of carbonyl (C=O) groups is 1. The average molecular weight is 342 g/mol. The highest BCUT2D eigenvalue weighted by atomic mass is 79.9. The van der Waals surface area contributed by atoms with Crippen molar-refractivity contribution < 1.29 is 9.72 Å². The van der Waals surface area contributed by atoms with Crippen LogP contribution in [0, 0.1) is 10.1 Å². The van der Waals surface area contributed by atoms with E-state index in [0.717, 1.165) is 0 Å². The van der Waals surface area contributed by atoms with E-state index < -0.39 is 16.8 Å². The molecule has 0 unspecified atom stereocenters. The highest BCUT2D eigenvalue weighted by molar-refractivity contribution is 9.10. The molecule has 0 atom stereocenters. The molecule has 0 radical (unpaired) electrons. The molecule has 0 spiro atoms.